The molecule has 0 aromatic heterocycles. The molecule has 1 aromatic carbocycles. The number of nitrogens with one attached hydrogen (secondary N) is 2. The van der Waals surface area contributed by atoms with Gasteiger partial charge in [-0.3, -0.25) is 4.79 Å². The summed E-state index contributed by atoms with van der Waals surface area (Å²) in [4.78, 5) is 11.5. The highest BCUT2D eigenvalue weighted by Crippen LogP contribution is 2.31. The number of benzene rings is 1. The average Bonchev–Trinajstić information content (AvgIpc) is 2.39. The molecule has 1 aromatic rings. The smallest absolute Gasteiger partial charge is 0.265 e. The highest BCUT2D eigenvalue weighted by atomic mass is 32.2. The van der Waals surface area contributed by atoms with Crippen molar-refractivity contribution in [3.8, 4) is 5.75 Å². The van der Waals surface area contributed by atoms with E-state index < -0.39 is 16.1 Å². The third-order valence-corrected chi connectivity index (χ3v) is 4.25. The number of ether oxygens (including phenoxy) is 2. The Morgan fingerprint density at radius 2 is 2.20 bits per heavy atom. The zero-order valence-corrected chi connectivity index (χ0v) is 12.0. The molecule has 1 aliphatic rings. The zero-order chi connectivity index (χ0) is 14.8. The van der Waals surface area contributed by atoms with Crippen LogP contribution in [0.5, 0.6) is 5.75 Å². The fraction of sp³-hybridized carbons (Fsp3) is 0.417. The zero-order valence-electron chi connectivity index (χ0n) is 11.2. The summed E-state index contributed by atoms with van der Waals surface area (Å²) in [7, 11) is -2.13. The number of sulfonamides is 1. The molecule has 0 spiro atoms. The summed E-state index contributed by atoms with van der Waals surface area (Å²) in [5.41, 5.74) is 0.462. The number of rotatable bonds is 5. The van der Waals surface area contributed by atoms with Crippen LogP contribution in [0.3, 0.4) is 0 Å². The maximum atomic E-state index is 12.0. The Hall–Kier alpha value is -1.64. The number of hydrogen-bond donors (Lipinski definition) is 2. The van der Waals surface area contributed by atoms with E-state index in [1.54, 1.807) is 6.92 Å². The number of carbonyl (C=O) groups excluding carboxylic acids is 1. The molecule has 8 heteroatoms. The first kappa shape index (κ1) is 14.8. The third kappa shape index (κ3) is 3.09. The van der Waals surface area contributed by atoms with Crippen molar-refractivity contribution >= 4 is 21.6 Å². The van der Waals surface area contributed by atoms with E-state index in [0.29, 0.717) is 11.4 Å². The maximum absolute atomic E-state index is 12.0. The molecule has 110 valence electrons. The predicted octanol–water partition coefficient (Wildman–Crippen LogP) is 0.331. The quantitative estimate of drug-likeness (QED) is 0.764. The maximum Gasteiger partial charge on any atom is 0.265 e. The van der Waals surface area contributed by atoms with E-state index in [1.165, 1.54) is 25.3 Å². The van der Waals surface area contributed by atoms with Crippen LogP contribution in [-0.4, -0.2) is 40.7 Å². The molecule has 1 heterocycles. The van der Waals surface area contributed by atoms with Crippen molar-refractivity contribution in [2.75, 3.05) is 25.6 Å². The van der Waals surface area contributed by atoms with E-state index in [4.69, 9.17) is 9.47 Å². The second kappa shape index (κ2) is 5.78. The van der Waals surface area contributed by atoms with Crippen molar-refractivity contribution in [3.05, 3.63) is 18.2 Å². The van der Waals surface area contributed by atoms with Gasteiger partial charge in [-0.15, -0.1) is 0 Å². The molecular formula is C12H16N2O5S. The van der Waals surface area contributed by atoms with Crippen LogP contribution in [0, 0.1) is 0 Å². The molecule has 1 unspecified atom stereocenters. The Bertz CT molecular complexity index is 614. The summed E-state index contributed by atoms with van der Waals surface area (Å²) >= 11 is 0. The fourth-order valence-electron chi connectivity index (χ4n) is 1.71. The number of amides is 1. The van der Waals surface area contributed by atoms with Gasteiger partial charge >= 0.3 is 0 Å². The Kier molecular flexibility index (Phi) is 4.26. The Labute approximate surface area is 117 Å². The number of fused-ring (bicyclic) bond motifs is 1. The summed E-state index contributed by atoms with van der Waals surface area (Å²) in [5.74, 6) is 0.0815. The molecule has 20 heavy (non-hydrogen) atoms. The lowest BCUT2D eigenvalue weighted by Gasteiger charge is -2.23. The summed E-state index contributed by atoms with van der Waals surface area (Å²) in [6, 6.07) is 4.30. The lowest BCUT2D eigenvalue weighted by molar-refractivity contribution is -0.122. The van der Waals surface area contributed by atoms with Crippen molar-refractivity contribution in [3.63, 3.8) is 0 Å². The molecule has 0 aliphatic carbocycles. The van der Waals surface area contributed by atoms with Crippen molar-refractivity contribution in [1.82, 2.24) is 4.72 Å². The average molecular weight is 300 g/mol. The van der Waals surface area contributed by atoms with Crippen molar-refractivity contribution in [2.45, 2.75) is 17.9 Å². The van der Waals surface area contributed by atoms with Crippen LogP contribution in [-0.2, 0) is 19.6 Å². The molecule has 1 amide bonds. The van der Waals surface area contributed by atoms with Gasteiger partial charge in [-0.05, 0) is 19.1 Å². The minimum atomic E-state index is -3.62. The van der Waals surface area contributed by atoms with Crippen LogP contribution in [0.2, 0.25) is 0 Å². The van der Waals surface area contributed by atoms with Gasteiger partial charge in [0.2, 0.25) is 10.0 Å². The molecule has 0 saturated carbocycles. The standard InChI is InChI=1S/C12H16N2O5S/c1-8-12(15)14-10-4-3-9(7-11(10)19-8)20(16,17)13-5-6-18-2/h3-4,7-8,13H,5-6H2,1-2H3,(H,14,15). The van der Waals surface area contributed by atoms with Crippen molar-refractivity contribution < 1.29 is 22.7 Å². The van der Waals surface area contributed by atoms with Crippen LogP contribution in [0.1, 0.15) is 6.92 Å². The van der Waals surface area contributed by atoms with Gasteiger partial charge in [0, 0.05) is 19.7 Å². The Morgan fingerprint density at radius 1 is 1.45 bits per heavy atom. The Balaban J connectivity index is 2.23. The van der Waals surface area contributed by atoms with Gasteiger partial charge in [-0.1, -0.05) is 0 Å². The highest BCUT2D eigenvalue weighted by molar-refractivity contribution is 7.89. The summed E-state index contributed by atoms with van der Waals surface area (Å²) in [6.45, 7) is 2.06. The van der Waals surface area contributed by atoms with E-state index in [1.807, 2.05) is 0 Å². The molecular weight excluding hydrogens is 284 g/mol. The molecule has 0 fully saturated rings. The second-order valence-electron chi connectivity index (χ2n) is 4.30. The van der Waals surface area contributed by atoms with Crippen LogP contribution in [0.4, 0.5) is 5.69 Å². The molecule has 2 rings (SSSR count). The Morgan fingerprint density at radius 3 is 2.90 bits per heavy atom. The number of carbonyl (C=O) groups is 1. The SMILES string of the molecule is COCCNS(=O)(=O)c1ccc2c(c1)OC(C)C(=O)N2. The predicted molar refractivity (Wildman–Crippen MR) is 72.2 cm³/mol. The largest absolute Gasteiger partial charge is 0.479 e. The number of anilines is 1. The molecule has 1 atom stereocenters. The third-order valence-electron chi connectivity index (χ3n) is 2.79. The summed E-state index contributed by atoms with van der Waals surface area (Å²) < 4.78 is 36.6. The van der Waals surface area contributed by atoms with Crippen molar-refractivity contribution in [1.29, 1.82) is 0 Å². The van der Waals surface area contributed by atoms with Gasteiger partial charge < -0.3 is 14.8 Å². The van der Waals surface area contributed by atoms with Gasteiger partial charge in [-0.2, -0.15) is 0 Å². The summed E-state index contributed by atoms with van der Waals surface area (Å²) in [6.07, 6.45) is -0.651. The molecule has 2 N–H and O–H groups in total. The second-order valence-corrected chi connectivity index (χ2v) is 6.06. The van der Waals surface area contributed by atoms with E-state index in [-0.39, 0.29) is 24.0 Å². The molecule has 0 radical (unpaired) electrons. The van der Waals surface area contributed by atoms with Crippen LogP contribution in [0.25, 0.3) is 0 Å². The van der Waals surface area contributed by atoms with E-state index >= 15 is 0 Å². The number of hydrogen-bond acceptors (Lipinski definition) is 5. The minimum absolute atomic E-state index is 0.0794. The first-order chi connectivity index (χ1) is 9.44. The van der Waals surface area contributed by atoms with E-state index in [2.05, 4.69) is 10.0 Å². The lowest BCUT2D eigenvalue weighted by Crippen LogP contribution is -2.34. The molecule has 1 aliphatic heterocycles. The van der Waals surface area contributed by atoms with Crippen LogP contribution in [0.15, 0.2) is 23.1 Å². The van der Waals surface area contributed by atoms with Gasteiger partial charge in [0.05, 0.1) is 17.2 Å². The first-order valence-electron chi connectivity index (χ1n) is 6.04. The molecule has 0 saturated heterocycles. The van der Waals surface area contributed by atoms with Gasteiger partial charge in [0.15, 0.2) is 6.10 Å². The molecule has 7 nitrogen and oxygen atoms in total. The van der Waals surface area contributed by atoms with Crippen molar-refractivity contribution in [2.24, 2.45) is 0 Å². The fourth-order valence-corrected chi connectivity index (χ4v) is 2.74. The van der Waals surface area contributed by atoms with Crippen LogP contribution < -0.4 is 14.8 Å². The lowest BCUT2D eigenvalue weighted by atomic mass is 10.2. The topological polar surface area (TPSA) is 93.7 Å². The first-order valence-corrected chi connectivity index (χ1v) is 7.52. The van der Waals surface area contributed by atoms with Gasteiger partial charge in [-0.25, -0.2) is 13.1 Å². The van der Waals surface area contributed by atoms with Gasteiger partial charge in [0.25, 0.3) is 5.91 Å². The van der Waals surface area contributed by atoms with Crippen LogP contribution >= 0.6 is 0 Å². The van der Waals surface area contributed by atoms with E-state index in [9.17, 15) is 13.2 Å². The number of methoxy groups -OCH3 is 1. The highest BCUT2D eigenvalue weighted by Gasteiger charge is 2.25. The summed E-state index contributed by atoms with van der Waals surface area (Å²) in [5, 5.41) is 2.64. The minimum Gasteiger partial charge on any atom is -0.479 e. The monoisotopic (exact) mass is 300 g/mol. The van der Waals surface area contributed by atoms with E-state index in [0.717, 1.165) is 0 Å². The normalized spacial score (nSPS) is 18.1. The van der Waals surface area contributed by atoms with Gasteiger partial charge in [0.1, 0.15) is 5.75 Å². The molecule has 0 bridgehead atoms.